The van der Waals surface area contributed by atoms with Gasteiger partial charge < -0.3 is 14.9 Å². The summed E-state index contributed by atoms with van der Waals surface area (Å²) in [4.78, 5) is 32.8. The summed E-state index contributed by atoms with van der Waals surface area (Å²) in [5.74, 6) is -2.81. The van der Waals surface area contributed by atoms with E-state index in [-0.39, 0.29) is 32.2 Å². The van der Waals surface area contributed by atoms with Crippen molar-refractivity contribution in [2.24, 2.45) is 0 Å². The fraction of sp³-hybridized carbons (Fsp3) is 0.148. The number of nitrogens with zero attached hydrogens (tertiary/aromatic N) is 2. The summed E-state index contributed by atoms with van der Waals surface area (Å²) in [6.45, 7) is 3.88. The van der Waals surface area contributed by atoms with Gasteiger partial charge in [0.1, 0.15) is 11.6 Å². The standard InChI is InChI=1S/C27H20BrFN2O5S/c1-12-8-13(2)21-19(9-12)37-27(30-21)31-22(15-10-17(28)24(33)18(11-15)36-3)20(25(34)26(31)35)23(32)14-4-6-16(29)7-5-14/h4-11,22,32-33H,1-3H3. The van der Waals surface area contributed by atoms with Crippen molar-refractivity contribution in [3.8, 4) is 11.5 Å². The van der Waals surface area contributed by atoms with Crippen LogP contribution in [0.15, 0.2) is 58.6 Å². The first kappa shape index (κ1) is 24.9. The molecule has 0 aliphatic carbocycles. The lowest BCUT2D eigenvalue weighted by molar-refractivity contribution is -0.132. The number of aromatic nitrogens is 1. The van der Waals surface area contributed by atoms with Crippen molar-refractivity contribution in [2.75, 3.05) is 12.0 Å². The number of aromatic hydroxyl groups is 1. The molecule has 7 nitrogen and oxygen atoms in total. The molecule has 3 aromatic carbocycles. The van der Waals surface area contributed by atoms with Crippen molar-refractivity contribution in [3.05, 3.63) is 86.6 Å². The number of hydrogen-bond acceptors (Lipinski definition) is 7. The second-order valence-corrected chi connectivity index (χ2v) is 10.5. The summed E-state index contributed by atoms with van der Waals surface area (Å²) < 4.78 is 19.9. The van der Waals surface area contributed by atoms with Crippen LogP contribution in [0.25, 0.3) is 16.0 Å². The number of aliphatic hydroxyl groups excluding tert-OH is 1. The van der Waals surface area contributed by atoms with E-state index in [1.807, 2.05) is 26.0 Å². The van der Waals surface area contributed by atoms with Gasteiger partial charge in [-0.15, -0.1) is 0 Å². The Morgan fingerprint density at radius 2 is 1.84 bits per heavy atom. The van der Waals surface area contributed by atoms with E-state index in [1.165, 1.54) is 41.5 Å². The van der Waals surface area contributed by atoms with Gasteiger partial charge in [-0.1, -0.05) is 17.4 Å². The number of carbonyl (C=O) groups excluding carboxylic acids is 2. The molecule has 0 radical (unpaired) electrons. The maximum atomic E-state index is 13.5. The number of aryl methyl sites for hydroxylation is 2. The van der Waals surface area contributed by atoms with Crippen molar-refractivity contribution < 1.29 is 28.9 Å². The number of rotatable bonds is 4. The van der Waals surface area contributed by atoms with Gasteiger partial charge in [0.05, 0.1) is 33.4 Å². The van der Waals surface area contributed by atoms with Crippen molar-refractivity contribution in [1.82, 2.24) is 4.98 Å². The van der Waals surface area contributed by atoms with Gasteiger partial charge in [0.15, 0.2) is 16.6 Å². The Morgan fingerprint density at radius 1 is 1.14 bits per heavy atom. The molecule has 1 amide bonds. The van der Waals surface area contributed by atoms with Gasteiger partial charge >= 0.3 is 5.91 Å². The average Bonchev–Trinajstić information content (AvgIpc) is 3.39. The van der Waals surface area contributed by atoms with Crippen LogP contribution in [0.1, 0.15) is 28.3 Å². The number of ketones is 1. The number of anilines is 1. The second-order valence-electron chi connectivity index (χ2n) is 8.65. The molecule has 1 fully saturated rings. The summed E-state index contributed by atoms with van der Waals surface area (Å²) in [7, 11) is 1.37. The molecule has 10 heteroatoms. The van der Waals surface area contributed by atoms with E-state index in [0.717, 1.165) is 28.0 Å². The molecule has 1 unspecified atom stereocenters. The Hall–Kier alpha value is -3.76. The Labute approximate surface area is 223 Å². The predicted octanol–water partition coefficient (Wildman–Crippen LogP) is 6.16. The molecule has 2 N–H and O–H groups in total. The van der Waals surface area contributed by atoms with E-state index in [2.05, 4.69) is 20.9 Å². The minimum atomic E-state index is -1.10. The van der Waals surface area contributed by atoms with Gasteiger partial charge in [0.2, 0.25) is 0 Å². The molecule has 4 aromatic rings. The van der Waals surface area contributed by atoms with Crippen LogP contribution in [0.2, 0.25) is 0 Å². The van der Waals surface area contributed by atoms with Crippen LogP contribution in [-0.2, 0) is 9.59 Å². The number of phenolic OH excluding ortho intramolecular Hbond substituents is 1. The number of aliphatic hydroxyl groups is 1. The lowest BCUT2D eigenvalue weighted by atomic mass is 9.95. The summed E-state index contributed by atoms with van der Waals surface area (Å²) in [6.07, 6.45) is 0. The first-order chi connectivity index (χ1) is 17.6. The SMILES string of the molecule is COc1cc(C2C(=C(O)c3ccc(F)cc3)C(=O)C(=O)N2c2nc3c(C)cc(C)cc3s2)cc(Br)c1O. The zero-order valence-electron chi connectivity index (χ0n) is 19.9. The Morgan fingerprint density at radius 3 is 2.51 bits per heavy atom. The maximum absolute atomic E-state index is 13.5. The van der Waals surface area contributed by atoms with Gasteiger partial charge in [-0.05, 0) is 88.9 Å². The third-order valence-electron chi connectivity index (χ3n) is 6.17. The van der Waals surface area contributed by atoms with Crippen LogP contribution in [0.5, 0.6) is 11.5 Å². The summed E-state index contributed by atoms with van der Waals surface area (Å²) in [5, 5.41) is 21.8. The molecule has 1 aliphatic rings. The maximum Gasteiger partial charge on any atom is 0.301 e. The molecule has 0 spiro atoms. The fourth-order valence-electron chi connectivity index (χ4n) is 4.48. The van der Waals surface area contributed by atoms with E-state index in [0.29, 0.717) is 11.1 Å². The van der Waals surface area contributed by atoms with E-state index in [9.17, 15) is 24.2 Å². The summed E-state index contributed by atoms with van der Waals surface area (Å²) >= 11 is 4.55. The molecular formula is C27H20BrFN2O5S. The summed E-state index contributed by atoms with van der Waals surface area (Å²) in [6, 6.07) is 10.8. The van der Waals surface area contributed by atoms with Crippen LogP contribution in [0.3, 0.4) is 0 Å². The Balaban J connectivity index is 1.78. The average molecular weight is 583 g/mol. The molecule has 2 heterocycles. The molecule has 1 aromatic heterocycles. The van der Waals surface area contributed by atoms with Crippen LogP contribution >= 0.6 is 27.3 Å². The van der Waals surface area contributed by atoms with Crippen molar-refractivity contribution in [2.45, 2.75) is 19.9 Å². The first-order valence-electron chi connectivity index (χ1n) is 11.1. The van der Waals surface area contributed by atoms with Gasteiger partial charge in [0.25, 0.3) is 5.78 Å². The fourth-order valence-corrected chi connectivity index (χ4v) is 6.11. The number of phenols is 1. The van der Waals surface area contributed by atoms with E-state index >= 15 is 0 Å². The van der Waals surface area contributed by atoms with E-state index < -0.39 is 29.3 Å². The number of fused-ring (bicyclic) bond motifs is 1. The number of methoxy groups -OCH3 is 1. The van der Waals surface area contributed by atoms with Crippen LogP contribution in [-0.4, -0.2) is 34.0 Å². The van der Waals surface area contributed by atoms with Crippen molar-refractivity contribution in [3.63, 3.8) is 0 Å². The lowest BCUT2D eigenvalue weighted by Gasteiger charge is -2.24. The number of carbonyl (C=O) groups is 2. The molecule has 37 heavy (non-hydrogen) atoms. The van der Waals surface area contributed by atoms with Crippen LogP contribution in [0.4, 0.5) is 9.52 Å². The molecule has 0 saturated carbocycles. The van der Waals surface area contributed by atoms with Gasteiger partial charge in [-0.25, -0.2) is 9.37 Å². The third kappa shape index (κ3) is 4.15. The highest BCUT2D eigenvalue weighted by Gasteiger charge is 2.48. The van der Waals surface area contributed by atoms with Gasteiger partial charge in [-0.2, -0.15) is 0 Å². The van der Waals surface area contributed by atoms with Gasteiger partial charge in [0, 0.05) is 5.56 Å². The van der Waals surface area contributed by atoms with E-state index in [1.54, 1.807) is 6.07 Å². The quantitative estimate of drug-likeness (QED) is 0.170. The zero-order valence-corrected chi connectivity index (χ0v) is 22.3. The number of benzene rings is 3. The first-order valence-corrected chi connectivity index (χ1v) is 12.7. The predicted molar refractivity (Wildman–Crippen MR) is 143 cm³/mol. The number of amides is 1. The zero-order chi connectivity index (χ0) is 26.6. The normalized spacial score (nSPS) is 17.1. The molecule has 1 saturated heterocycles. The molecule has 1 atom stereocenters. The number of halogens is 2. The Kier molecular flexibility index (Phi) is 6.25. The number of Topliss-reactive ketones (excluding diaryl/α,β-unsaturated/α-hetero) is 1. The molecule has 5 rings (SSSR count). The topological polar surface area (TPSA) is 100.0 Å². The molecule has 0 bridgehead atoms. The highest BCUT2D eigenvalue weighted by molar-refractivity contribution is 9.10. The van der Waals surface area contributed by atoms with Crippen molar-refractivity contribution in [1.29, 1.82) is 0 Å². The smallest absolute Gasteiger partial charge is 0.301 e. The number of thiazole rings is 1. The van der Waals surface area contributed by atoms with Crippen molar-refractivity contribution >= 4 is 60.1 Å². The van der Waals surface area contributed by atoms with Crippen LogP contribution in [0, 0.1) is 19.7 Å². The summed E-state index contributed by atoms with van der Waals surface area (Å²) in [5.41, 5.74) is 3.02. The minimum absolute atomic E-state index is 0.104. The Bertz CT molecular complexity index is 1630. The largest absolute Gasteiger partial charge is 0.507 e. The lowest BCUT2D eigenvalue weighted by Crippen LogP contribution is -2.29. The highest BCUT2D eigenvalue weighted by atomic mass is 79.9. The van der Waals surface area contributed by atoms with Gasteiger partial charge in [-0.3, -0.25) is 14.5 Å². The monoisotopic (exact) mass is 582 g/mol. The van der Waals surface area contributed by atoms with Crippen LogP contribution < -0.4 is 9.64 Å². The van der Waals surface area contributed by atoms with E-state index in [4.69, 9.17) is 4.74 Å². The highest BCUT2D eigenvalue weighted by Crippen LogP contribution is 2.47. The molecule has 1 aliphatic heterocycles. The minimum Gasteiger partial charge on any atom is -0.507 e. The third-order valence-corrected chi connectivity index (χ3v) is 7.78. The second kappa shape index (κ2) is 9.28. The number of ether oxygens (including phenoxy) is 1. The molecular weight excluding hydrogens is 563 g/mol. The number of hydrogen-bond donors (Lipinski definition) is 2. The molecule has 188 valence electrons.